The molecule has 10 nitrogen and oxygen atoms in total. The topological polar surface area (TPSA) is 140 Å². The second-order valence-electron chi connectivity index (χ2n) is 5.81. The van der Waals surface area contributed by atoms with Gasteiger partial charge < -0.3 is 30.5 Å². The van der Waals surface area contributed by atoms with E-state index in [4.69, 9.17) is 20.3 Å². The van der Waals surface area contributed by atoms with Crippen molar-refractivity contribution in [3.8, 4) is 5.75 Å². The van der Waals surface area contributed by atoms with Gasteiger partial charge in [0, 0.05) is 36.6 Å². The molecule has 27 heavy (non-hydrogen) atoms. The zero-order valence-corrected chi connectivity index (χ0v) is 14.3. The molecule has 1 saturated heterocycles. The highest BCUT2D eigenvalue weighted by Gasteiger charge is 2.19. The molecule has 0 aromatic heterocycles. The number of anilines is 4. The Morgan fingerprint density at radius 3 is 2.59 bits per heavy atom. The van der Waals surface area contributed by atoms with Crippen molar-refractivity contribution >= 4 is 34.6 Å². The Morgan fingerprint density at radius 1 is 1.22 bits per heavy atom. The van der Waals surface area contributed by atoms with Crippen LogP contribution in [0.3, 0.4) is 0 Å². The average Bonchev–Trinajstić information content (AvgIpc) is 2.64. The molecule has 0 radical (unpaired) electrons. The molecule has 1 aliphatic heterocycles. The Bertz CT molecular complexity index is 866. The smallest absolute Gasteiger partial charge is 0.449 e. The minimum absolute atomic E-state index is 0.0395. The maximum absolute atomic E-state index is 11.3. The zero-order valence-electron chi connectivity index (χ0n) is 14.3. The number of hydrogen-bond acceptors (Lipinski definition) is 8. The molecule has 2 aromatic carbocycles. The number of carbonyl (C=O) groups is 1. The number of nitrogen functional groups attached to an aromatic ring is 1. The molecule has 1 heterocycles. The van der Waals surface area contributed by atoms with Crippen LogP contribution >= 0.6 is 0 Å². The van der Waals surface area contributed by atoms with Gasteiger partial charge in [-0.25, -0.2) is 4.79 Å². The first-order valence-electron chi connectivity index (χ1n) is 8.12. The number of nitrogens with one attached hydrogen (secondary N) is 1. The highest BCUT2D eigenvalue weighted by Crippen LogP contribution is 2.36. The number of carboxylic acid groups (broad SMARTS) is 1. The summed E-state index contributed by atoms with van der Waals surface area (Å²) >= 11 is 0. The van der Waals surface area contributed by atoms with Crippen molar-refractivity contribution in [2.24, 2.45) is 0 Å². The molecule has 0 amide bonds. The summed E-state index contributed by atoms with van der Waals surface area (Å²) in [6.45, 7) is 2.49. The molecule has 0 unspecified atom stereocenters. The van der Waals surface area contributed by atoms with Crippen LogP contribution in [-0.4, -0.2) is 42.5 Å². The molecule has 0 spiro atoms. The summed E-state index contributed by atoms with van der Waals surface area (Å²) in [5.41, 5.74) is 6.85. The molecule has 2 aromatic rings. The molecule has 0 bridgehead atoms. The van der Waals surface area contributed by atoms with E-state index >= 15 is 0 Å². The van der Waals surface area contributed by atoms with Crippen LogP contribution in [0.4, 0.5) is 33.2 Å². The summed E-state index contributed by atoms with van der Waals surface area (Å²) in [6, 6.07) is 9.16. The second-order valence-corrected chi connectivity index (χ2v) is 5.81. The molecule has 1 aliphatic rings. The van der Waals surface area contributed by atoms with Crippen molar-refractivity contribution in [3.63, 3.8) is 0 Å². The maximum atomic E-state index is 11.3. The fourth-order valence-corrected chi connectivity index (χ4v) is 2.76. The highest BCUT2D eigenvalue weighted by molar-refractivity contribution is 5.78. The normalized spacial score (nSPS) is 13.9. The Labute approximate surface area is 154 Å². The lowest BCUT2D eigenvalue weighted by molar-refractivity contribution is -0.383. The van der Waals surface area contributed by atoms with Gasteiger partial charge in [0.2, 0.25) is 0 Å². The van der Waals surface area contributed by atoms with Gasteiger partial charge in [0.15, 0.2) is 5.75 Å². The Balaban J connectivity index is 1.94. The van der Waals surface area contributed by atoms with Crippen LogP contribution in [0.25, 0.3) is 0 Å². The van der Waals surface area contributed by atoms with Crippen molar-refractivity contribution in [2.75, 3.05) is 42.3 Å². The van der Waals surface area contributed by atoms with E-state index in [-0.39, 0.29) is 28.5 Å². The number of ether oxygens (including phenoxy) is 2. The van der Waals surface area contributed by atoms with E-state index in [9.17, 15) is 14.9 Å². The minimum atomic E-state index is -1.48. The maximum Gasteiger partial charge on any atom is 0.511 e. The fourth-order valence-electron chi connectivity index (χ4n) is 2.76. The lowest BCUT2D eigenvalue weighted by Gasteiger charge is -2.29. The van der Waals surface area contributed by atoms with Crippen LogP contribution in [0.15, 0.2) is 36.4 Å². The number of nitro groups is 1. The predicted molar refractivity (Wildman–Crippen MR) is 98.9 cm³/mol. The van der Waals surface area contributed by atoms with Crippen molar-refractivity contribution in [1.29, 1.82) is 0 Å². The van der Waals surface area contributed by atoms with E-state index in [1.807, 2.05) is 4.90 Å². The van der Waals surface area contributed by atoms with E-state index in [1.165, 1.54) is 18.2 Å². The monoisotopic (exact) mass is 374 g/mol. The Kier molecular flexibility index (Phi) is 5.27. The Morgan fingerprint density at radius 2 is 1.93 bits per heavy atom. The lowest BCUT2D eigenvalue weighted by atomic mass is 10.2. The minimum Gasteiger partial charge on any atom is -0.449 e. The number of nitrogens with zero attached hydrogens (tertiary/aromatic N) is 2. The lowest BCUT2D eigenvalue weighted by Crippen LogP contribution is -2.36. The van der Waals surface area contributed by atoms with Gasteiger partial charge in [-0.1, -0.05) is 0 Å². The van der Waals surface area contributed by atoms with E-state index in [2.05, 4.69) is 5.32 Å². The summed E-state index contributed by atoms with van der Waals surface area (Å²) in [6.07, 6.45) is -1.48. The molecule has 142 valence electrons. The van der Waals surface area contributed by atoms with Gasteiger partial charge in [-0.3, -0.25) is 10.1 Å². The van der Waals surface area contributed by atoms with Crippen LogP contribution in [-0.2, 0) is 4.74 Å². The van der Waals surface area contributed by atoms with Gasteiger partial charge in [0.1, 0.15) is 5.69 Å². The summed E-state index contributed by atoms with van der Waals surface area (Å²) in [7, 11) is 0. The van der Waals surface area contributed by atoms with Crippen molar-refractivity contribution in [3.05, 3.63) is 46.5 Å². The molecule has 10 heteroatoms. The third-order valence-electron chi connectivity index (χ3n) is 4.03. The molecule has 1 fully saturated rings. The van der Waals surface area contributed by atoms with Crippen LogP contribution in [0.2, 0.25) is 0 Å². The molecule has 0 atom stereocenters. The summed E-state index contributed by atoms with van der Waals surface area (Å²) < 4.78 is 10.2. The molecule has 0 saturated carbocycles. The fraction of sp³-hybridized carbons (Fsp3) is 0.235. The third kappa shape index (κ3) is 4.36. The first-order valence-corrected chi connectivity index (χ1v) is 8.12. The first kappa shape index (κ1) is 18.3. The van der Waals surface area contributed by atoms with Crippen LogP contribution < -0.4 is 20.7 Å². The predicted octanol–water partition coefficient (Wildman–Crippen LogP) is 2.81. The summed E-state index contributed by atoms with van der Waals surface area (Å²) in [4.78, 5) is 23.8. The van der Waals surface area contributed by atoms with Gasteiger partial charge in [0.05, 0.1) is 23.8 Å². The summed E-state index contributed by atoms with van der Waals surface area (Å²) in [5.74, 6) is 0.0395. The number of morpholine rings is 1. The van der Waals surface area contributed by atoms with Gasteiger partial charge in [-0.15, -0.1) is 0 Å². The zero-order chi connectivity index (χ0) is 19.4. The van der Waals surface area contributed by atoms with E-state index < -0.39 is 11.1 Å². The van der Waals surface area contributed by atoms with Crippen LogP contribution in [0, 0.1) is 10.1 Å². The number of hydrogen-bond donors (Lipinski definition) is 3. The number of nitro benzene ring substituents is 1. The van der Waals surface area contributed by atoms with E-state index in [0.29, 0.717) is 26.3 Å². The number of nitrogens with two attached hydrogens (primary N) is 1. The number of benzene rings is 2. The Hall–Kier alpha value is -3.53. The summed E-state index contributed by atoms with van der Waals surface area (Å²) in [5, 5.41) is 23.1. The van der Waals surface area contributed by atoms with Gasteiger partial charge in [-0.05, 0) is 24.3 Å². The van der Waals surface area contributed by atoms with Crippen LogP contribution in [0.5, 0.6) is 5.75 Å². The quantitative estimate of drug-likeness (QED) is 0.237. The molecule has 4 N–H and O–H groups in total. The third-order valence-corrected chi connectivity index (χ3v) is 4.03. The van der Waals surface area contributed by atoms with Crippen molar-refractivity contribution < 1.29 is 24.3 Å². The molecular weight excluding hydrogens is 356 g/mol. The van der Waals surface area contributed by atoms with Crippen molar-refractivity contribution in [2.45, 2.75) is 0 Å². The van der Waals surface area contributed by atoms with E-state index in [0.717, 1.165) is 5.69 Å². The van der Waals surface area contributed by atoms with Crippen LogP contribution in [0.1, 0.15) is 0 Å². The second kappa shape index (κ2) is 7.79. The molecular formula is C17H18N4O6. The SMILES string of the molecule is Nc1ccc(Nc2ccc(N3CCOCC3)cc2OC(=O)O)c([N+](=O)[O-])c1. The highest BCUT2D eigenvalue weighted by atomic mass is 16.7. The largest absolute Gasteiger partial charge is 0.511 e. The first-order chi connectivity index (χ1) is 12.9. The van der Waals surface area contributed by atoms with Gasteiger partial charge in [-0.2, -0.15) is 0 Å². The number of rotatable bonds is 5. The van der Waals surface area contributed by atoms with E-state index in [1.54, 1.807) is 18.2 Å². The van der Waals surface area contributed by atoms with Crippen molar-refractivity contribution in [1.82, 2.24) is 0 Å². The average molecular weight is 374 g/mol. The molecule has 3 rings (SSSR count). The van der Waals surface area contributed by atoms with Gasteiger partial charge in [0.25, 0.3) is 5.69 Å². The van der Waals surface area contributed by atoms with Gasteiger partial charge >= 0.3 is 6.16 Å². The standard InChI is InChI=1S/C17H18N4O6/c18-11-1-3-13(15(9-11)21(24)25)19-14-4-2-12(10-16(14)27-17(22)23)20-5-7-26-8-6-20/h1-4,9-10,19H,5-8,18H2,(H,22,23). The molecule has 0 aliphatic carbocycles.